The number of thioether (sulfide) groups is 1. The van der Waals surface area contributed by atoms with E-state index < -0.39 is 4.92 Å². The highest BCUT2D eigenvalue weighted by atomic mass is 32.2. The highest BCUT2D eigenvalue weighted by molar-refractivity contribution is 7.99. The lowest BCUT2D eigenvalue weighted by Crippen LogP contribution is -2.30. The Kier molecular flexibility index (Phi) is 5.87. The van der Waals surface area contributed by atoms with Crippen LogP contribution in [-0.4, -0.2) is 44.6 Å². The van der Waals surface area contributed by atoms with Gasteiger partial charge in [0.1, 0.15) is 12.0 Å². The third kappa shape index (κ3) is 5.17. The summed E-state index contributed by atoms with van der Waals surface area (Å²) in [6.45, 7) is 2.89. The van der Waals surface area contributed by atoms with E-state index in [1.165, 1.54) is 30.1 Å². The molecule has 0 fully saturated rings. The van der Waals surface area contributed by atoms with Crippen LogP contribution < -0.4 is 10.6 Å². The van der Waals surface area contributed by atoms with Crippen LogP contribution in [0.25, 0.3) is 11.0 Å². The Labute approximate surface area is 159 Å². The summed E-state index contributed by atoms with van der Waals surface area (Å²) in [5.74, 6) is 0.672. The number of carbonyl (C=O) groups is 1. The zero-order chi connectivity index (χ0) is 19.2. The molecular formula is C17H18N6O3S. The van der Waals surface area contributed by atoms with Crippen LogP contribution >= 0.6 is 11.8 Å². The van der Waals surface area contributed by atoms with E-state index in [1.54, 1.807) is 0 Å². The van der Waals surface area contributed by atoms with Gasteiger partial charge in [0.2, 0.25) is 5.91 Å². The van der Waals surface area contributed by atoms with Gasteiger partial charge in [-0.15, -0.1) is 0 Å². The van der Waals surface area contributed by atoms with Crippen molar-refractivity contribution in [2.75, 3.05) is 24.2 Å². The number of pyridine rings is 1. The largest absolute Gasteiger partial charge is 0.368 e. The number of benzene rings is 1. The van der Waals surface area contributed by atoms with E-state index >= 15 is 0 Å². The van der Waals surface area contributed by atoms with Gasteiger partial charge in [0.25, 0.3) is 5.69 Å². The van der Waals surface area contributed by atoms with E-state index in [0.29, 0.717) is 24.1 Å². The zero-order valence-corrected chi connectivity index (χ0v) is 15.4. The summed E-state index contributed by atoms with van der Waals surface area (Å²) >= 11 is 1.34. The predicted molar refractivity (Wildman–Crippen MR) is 104 cm³/mol. The third-order valence-corrected chi connectivity index (χ3v) is 4.54. The predicted octanol–water partition coefficient (Wildman–Crippen LogP) is 2.49. The molecule has 3 aromatic rings. The summed E-state index contributed by atoms with van der Waals surface area (Å²) in [6, 6.07) is 8.86. The fourth-order valence-corrected chi connectivity index (χ4v) is 3.06. The van der Waals surface area contributed by atoms with Crippen molar-refractivity contribution in [3.05, 3.63) is 52.2 Å². The summed E-state index contributed by atoms with van der Waals surface area (Å²) < 4.78 is 0. The molecule has 27 heavy (non-hydrogen) atoms. The topological polar surface area (TPSA) is 126 Å². The smallest absolute Gasteiger partial charge is 0.287 e. The van der Waals surface area contributed by atoms with Crippen LogP contribution in [0.15, 0.2) is 41.7 Å². The lowest BCUT2D eigenvalue weighted by atomic mass is 10.2. The molecule has 3 N–H and O–H groups in total. The molecule has 0 atom stereocenters. The van der Waals surface area contributed by atoms with E-state index in [0.717, 1.165) is 16.6 Å². The van der Waals surface area contributed by atoms with Crippen molar-refractivity contribution in [2.24, 2.45) is 0 Å². The molecule has 0 unspecified atom stereocenters. The number of hydrogen-bond donors (Lipinski definition) is 3. The summed E-state index contributed by atoms with van der Waals surface area (Å²) in [5, 5.41) is 17.1. The average Bonchev–Trinajstić information content (AvgIpc) is 3.06. The maximum Gasteiger partial charge on any atom is 0.287 e. The fourth-order valence-electron chi connectivity index (χ4n) is 2.34. The summed E-state index contributed by atoms with van der Waals surface area (Å²) in [6.07, 6.45) is 1.19. The van der Waals surface area contributed by atoms with Gasteiger partial charge in [-0.1, -0.05) is 17.8 Å². The van der Waals surface area contributed by atoms with Gasteiger partial charge in [-0.25, -0.2) is 9.97 Å². The molecule has 10 heteroatoms. The number of H-pyrrole nitrogens is 1. The molecule has 0 radical (unpaired) electrons. The Morgan fingerprint density at radius 1 is 1.30 bits per heavy atom. The van der Waals surface area contributed by atoms with Crippen LogP contribution in [0.3, 0.4) is 0 Å². The van der Waals surface area contributed by atoms with Gasteiger partial charge in [0.05, 0.1) is 21.7 Å². The van der Waals surface area contributed by atoms with Crippen LogP contribution in [0, 0.1) is 17.0 Å². The highest BCUT2D eigenvalue weighted by Gasteiger charge is 2.08. The number of hydrogen-bond acceptors (Lipinski definition) is 7. The first kappa shape index (κ1) is 18.6. The normalized spacial score (nSPS) is 10.7. The maximum atomic E-state index is 11.9. The SMILES string of the molecule is Cc1ccc2nc(SCC(=O)NCCNc3ccc([N+](=O)[O-])cn3)[nH]c2c1. The number of carbonyl (C=O) groups excluding carboxylic acids is 1. The van der Waals surface area contributed by atoms with Gasteiger partial charge >= 0.3 is 0 Å². The number of rotatable bonds is 8. The number of amides is 1. The average molecular weight is 386 g/mol. The summed E-state index contributed by atoms with van der Waals surface area (Å²) in [7, 11) is 0. The van der Waals surface area contributed by atoms with E-state index in [4.69, 9.17) is 0 Å². The lowest BCUT2D eigenvalue weighted by Gasteiger charge is -2.06. The van der Waals surface area contributed by atoms with Crippen molar-refractivity contribution in [2.45, 2.75) is 12.1 Å². The Morgan fingerprint density at radius 3 is 2.89 bits per heavy atom. The molecular weight excluding hydrogens is 368 g/mol. The van der Waals surface area contributed by atoms with Crippen molar-refractivity contribution in [3.8, 4) is 0 Å². The number of anilines is 1. The second kappa shape index (κ2) is 8.49. The first-order valence-electron chi connectivity index (χ1n) is 8.21. The number of imidazole rings is 1. The molecule has 2 heterocycles. The van der Waals surface area contributed by atoms with Gasteiger partial charge in [0, 0.05) is 19.2 Å². The standard InChI is InChI=1S/C17H18N6O3S/c1-11-2-4-13-14(8-11)22-17(21-13)27-10-16(24)19-7-6-18-15-5-3-12(9-20-15)23(25)26/h2-5,8-9H,6-7,10H2,1H3,(H,18,20)(H,19,24)(H,21,22). The number of aromatic amines is 1. The minimum Gasteiger partial charge on any atom is -0.368 e. The van der Waals surface area contributed by atoms with Crippen molar-refractivity contribution < 1.29 is 9.72 Å². The van der Waals surface area contributed by atoms with E-state index in [2.05, 4.69) is 25.6 Å². The lowest BCUT2D eigenvalue weighted by molar-refractivity contribution is -0.385. The van der Waals surface area contributed by atoms with E-state index in [1.807, 2.05) is 25.1 Å². The second-order valence-corrected chi connectivity index (χ2v) is 6.75. The monoisotopic (exact) mass is 386 g/mol. The van der Waals surface area contributed by atoms with E-state index in [9.17, 15) is 14.9 Å². The van der Waals surface area contributed by atoms with Gasteiger partial charge in [0.15, 0.2) is 5.16 Å². The van der Waals surface area contributed by atoms with Crippen LogP contribution in [0.4, 0.5) is 11.5 Å². The third-order valence-electron chi connectivity index (χ3n) is 3.67. The molecule has 0 saturated heterocycles. The maximum absolute atomic E-state index is 11.9. The van der Waals surface area contributed by atoms with Gasteiger partial charge < -0.3 is 15.6 Å². The van der Waals surface area contributed by atoms with Crippen LogP contribution in [0.1, 0.15) is 5.56 Å². The second-order valence-electron chi connectivity index (χ2n) is 5.79. The molecule has 1 amide bonds. The fraction of sp³-hybridized carbons (Fsp3) is 0.235. The first-order chi connectivity index (χ1) is 13.0. The quantitative estimate of drug-likeness (QED) is 0.235. The number of nitro groups is 1. The Morgan fingerprint density at radius 2 is 2.15 bits per heavy atom. The molecule has 0 saturated carbocycles. The zero-order valence-electron chi connectivity index (χ0n) is 14.6. The molecule has 9 nitrogen and oxygen atoms in total. The van der Waals surface area contributed by atoms with Crippen LogP contribution in [-0.2, 0) is 4.79 Å². The van der Waals surface area contributed by atoms with Gasteiger partial charge in [-0.3, -0.25) is 14.9 Å². The molecule has 3 rings (SSSR count). The first-order valence-corrected chi connectivity index (χ1v) is 9.20. The van der Waals surface area contributed by atoms with Gasteiger partial charge in [-0.05, 0) is 30.7 Å². The number of nitrogens with zero attached hydrogens (tertiary/aromatic N) is 3. The van der Waals surface area contributed by atoms with Crippen LogP contribution in [0.5, 0.6) is 0 Å². The van der Waals surface area contributed by atoms with Crippen molar-refractivity contribution >= 4 is 40.2 Å². The van der Waals surface area contributed by atoms with Crippen molar-refractivity contribution in [1.29, 1.82) is 0 Å². The van der Waals surface area contributed by atoms with Crippen molar-refractivity contribution in [1.82, 2.24) is 20.3 Å². The minimum atomic E-state index is -0.502. The van der Waals surface area contributed by atoms with Crippen molar-refractivity contribution in [3.63, 3.8) is 0 Å². The molecule has 2 aromatic heterocycles. The molecule has 0 aliphatic heterocycles. The highest BCUT2D eigenvalue weighted by Crippen LogP contribution is 2.20. The molecule has 0 aliphatic rings. The summed E-state index contributed by atoms with van der Waals surface area (Å²) in [4.78, 5) is 33.6. The molecule has 140 valence electrons. The minimum absolute atomic E-state index is 0.0633. The van der Waals surface area contributed by atoms with Crippen LogP contribution in [0.2, 0.25) is 0 Å². The Bertz CT molecular complexity index is 957. The number of fused-ring (bicyclic) bond motifs is 1. The molecule has 0 spiro atoms. The Balaban J connectivity index is 1.38. The molecule has 0 aliphatic carbocycles. The number of aryl methyl sites for hydroxylation is 1. The van der Waals surface area contributed by atoms with Gasteiger partial charge in [-0.2, -0.15) is 0 Å². The summed E-state index contributed by atoms with van der Waals surface area (Å²) in [5.41, 5.74) is 2.92. The molecule has 1 aromatic carbocycles. The number of aromatic nitrogens is 3. The molecule has 0 bridgehead atoms. The number of nitrogens with one attached hydrogen (secondary N) is 3. The Hall–Kier alpha value is -3.14. The van der Waals surface area contributed by atoms with E-state index in [-0.39, 0.29) is 17.3 Å².